The Morgan fingerprint density at radius 3 is 2.76 bits per heavy atom. The Kier molecular flexibility index (Phi) is 4.45. The summed E-state index contributed by atoms with van der Waals surface area (Å²) in [6.45, 7) is 0. The van der Waals surface area contributed by atoms with E-state index in [0.29, 0.717) is 5.89 Å². The summed E-state index contributed by atoms with van der Waals surface area (Å²) in [7, 11) is 4.10. The fraction of sp³-hybridized carbons (Fsp3) is 0.0833. The first-order valence-corrected chi connectivity index (χ1v) is 10.2. The van der Waals surface area contributed by atoms with Crippen molar-refractivity contribution in [1.82, 2.24) is 4.98 Å². The highest BCUT2D eigenvalue weighted by molar-refractivity contribution is 8.03. The summed E-state index contributed by atoms with van der Waals surface area (Å²) in [6, 6.07) is 18.4. The molecule has 5 heteroatoms. The maximum atomic E-state index is 6.00. The second kappa shape index (κ2) is 7.26. The third kappa shape index (κ3) is 3.34. The van der Waals surface area contributed by atoms with Crippen LogP contribution in [0.2, 0.25) is 0 Å². The van der Waals surface area contributed by atoms with Gasteiger partial charge >= 0.3 is 0 Å². The van der Waals surface area contributed by atoms with Crippen molar-refractivity contribution in [3.63, 3.8) is 0 Å². The van der Waals surface area contributed by atoms with Crippen LogP contribution in [0.25, 0.3) is 28.6 Å². The van der Waals surface area contributed by atoms with Gasteiger partial charge in [-0.25, -0.2) is 9.55 Å². The molecule has 3 heterocycles. The Labute approximate surface area is 173 Å². The molecular formula is C24H20N3OS+. The van der Waals surface area contributed by atoms with Gasteiger partial charge in [0, 0.05) is 18.0 Å². The first-order chi connectivity index (χ1) is 14.2. The van der Waals surface area contributed by atoms with Crippen LogP contribution >= 0.6 is 11.8 Å². The number of para-hydroxylation sites is 3. The average molecular weight is 399 g/mol. The molecule has 1 aliphatic heterocycles. The summed E-state index contributed by atoms with van der Waals surface area (Å²) in [5, 5.41) is 1.20. The molecule has 2 aromatic heterocycles. The zero-order valence-electron chi connectivity index (χ0n) is 16.2. The summed E-state index contributed by atoms with van der Waals surface area (Å²) in [6.07, 6.45) is 10.4. The molecule has 2 aromatic carbocycles. The molecule has 0 bridgehead atoms. The molecule has 4 aromatic rings. The number of hydrogen-bond acceptors (Lipinski definition) is 4. The Morgan fingerprint density at radius 1 is 1.07 bits per heavy atom. The highest BCUT2D eigenvalue weighted by atomic mass is 32.2. The molecule has 0 atom stereocenters. The second-order valence-corrected chi connectivity index (χ2v) is 8.02. The lowest BCUT2D eigenvalue weighted by molar-refractivity contribution is -0.671. The van der Waals surface area contributed by atoms with E-state index in [1.807, 2.05) is 48.3 Å². The predicted molar refractivity (Wildman–Crippen MR) is 118 cm³/mol. The normalized spacial score (nSPS) is 15.0. The van der Waals surface area contributed by atoms with Crippen molar-refractivity contribution in [2.45, 2.75) is 4.90 Å². The Morgan fingerprint density at radius 2 is 1.90 bits per heavy atom. The average Bonchev–Trinajstić information content (AvgIpc) is 3.31. The van der Waals surface area contributed by atoms with Crippen molar-refractivity contribution in [2.24, 2.45) is 7.05 Å². The molecule has 0 aliphatic carbocycles. The lowest BCUT2D eigenvalue weighted by Gasteiger charge is -2.12. The van der Waals surface area contributed by atoms with Crippen molar-refractivity contribution < 1.29 is 8.98 Å². The first-order valence-electron chi connectivity index (χ1n) is 9.43. The van der Waals surface area contributed by atoms with Crippen LogP contribution < -0.4 is 9.47 Å². The summed E-state index contributed by atoms with van der Waals surface area (Å²) in [4.78, 5) is 8.17. The van der Waals surface area contributed by atoms with Gasteiger partial charge in [0.25, 0.3) is 0 Å². The standard InChI is InChI=1S/C24H20N3OS/c1-26-15-14-17(18(16-26)24-25-19-9-3-5-11-21(19)28-24)8-7-13-23-27(2)20-10-4-6-12-22(20)29-23/h3-16H,1-2H3/q+1. The van der Waals surface area contributed by atoms with E-state index in [1.165, 1.54) is 15.6 Å². The first kappa shape index (κ1) is 17.8. The van der Waals surface area contributed by atoms with E-state index in [1.54, 1.807) is 11.8 Å². The van der Waals surface area contributed by atoms with Crippen LogP contribution in [-0.2, 0) is 7.05 Å². The topological polar surface area (TPSA) is 33.2 Å². The van der Waals surface area contributed by atoms with Crippen LogP contribution in [0.4, 0.5) is 5.69 Å². The van der Waals surface area contributed by atoms with E-state index in [9.17, 15) is 0 Å². The van der Waals surface area contributed by atoms with Crippen molar-refractivity contribution in [3.8, 4) is 11.5 Å². The van der Waals surface area contributed by atoms with Crippen LogP contribution in [0.5, 0.6) is 0 Å². The molecule has 0 fully saturated rings. The summed E-state index contributed by atoms with van der Waals surface area (Å²) in [5.41, 5.74) is 4.95. The molecule has 29 heavy (non-hydrogen) atoms. The minimum absolute atomic E-state index is 0.634. The van der Waals surface area contributed by atoms with E-state index in [0.717, 1.165) is 22.2 Å². The predicted octanol–water partition coefficient (Wildman–Crippen LogP) is 5.42. The maximum Gasteiger partial charge on any atom is 0.233 e. The molecule has 0 saturated carbocycles. The van der Waals surface area contributed by atoms with Crippen molar-refractivity contribution in [2.75, 3.05) is 11.9 Å². The highest BCUT2D eigenvalue weighted by Gasteiger charge is 2.20. The number of hydrogen-bond donors (Lipinski definition) is 0. The van der Waals surface area contributed by atoms with Gasteiger partial charge in [0.05, 0.1) is 10.7 Å². The van der Waals surface area contributed by atoms with Gasteiger partial charge in [-0.05, 0) is 35.9 Å². The Bertz CT molecular complexity index is 1240. The SMILES string of the molecule is CN1/C(=C\C=C\c2cc[n+](C)cc2-c2nc3ccccc3o2)Sc2ccccc21. The minimum Gasteiger partial charge on any atom is -0.436 e. The van der Waals surface area contributed by atoms with E-state index < -0.39 is 0 Å². The van der Waals surface area contributed by atoms with Crippen LogP contribution in [-0.4, -0.2) is 12.0 Å². The number of nitrogens with zero attached hydrogens (tertiary/aromatic N) is 3. The molecule has 0 amide bonds. The van der Waals surface area contributed by atoms with Crippen molar-refractivity contribution >= 4 is 34.6 Å². The number of oxazole rings is 1. The fourth-order valence-corrected chi connectivity index (χ4v) is 4.48. The van der Waals surface area contributed by atoms with Gasteiger partial charge in [0.2, 0.25) is 5.89 Å². The quantitative estimate of drug-likeness (QED) is 0.432. The third-order valence-electron chi connectivity index (χ3n) is 4.94. The molecule has 142 valence electrons. The van der Waals surface area contributed by atoms with E-state index >= 15 is 0 Å². The monoisotopic (exact) mass is 398 g/mol. The number of pyridine rings is 1. The zero-order chi connectivity index (χ0) is 19.8. The Hall–Kier alpha value is -3.31. The molecule has 4 nitrogen and oxygen atoms in total. The number of anilines is 1. The van der Waals surface area contributed by atoms with Gasteiger partial charge in [-0.3, -0.25) is 0 Å². The van der Waals surface area contributed by atoms with Gasteiger partial charge in [-0.1, -0.05) is 48.2 Å². The number of thioether (sulfide) groups is 1. The zero-order valence-corrected chi connectivity index (χ0v) is 17.1. The highest BCUT2D eigenvalue weighted by Crippen LogP contribution is 2.44. The van der Waals surface area contributed by atoms with Gasteiger partial charge in [-0.2, -0.15) is 0 Å². The number of aryl methyl sites for hydroxylation is 1. The summed E-state index contributed by atoms with van der Waals surface area (Å²) >= 11 is 1.79. The lowest BCUT2D eigenvalue weighted by Crippen LogP contribution is -2.26. The van der Waals surface area contributed by atoms with E-state index in [2.05, 4.69) is 65.5 Å². The molecular weight excluding hydrogens is 378 g/mol. The van der Waals surface area contributed by atoms with Crippen molar-refractivity contribution in [3.05, 3.63) is 89.7 Å². The maximum absolute atomic E-state index is 6.00. The molecule has 5 rings (SSSR count). The minimum atomic E-state index is 0.634. The molecule has 0 unspecified atom stereocenters. The number of benzene rings is 2. The molecule has 0 saturated heterocycles. The Balaban J connectivity index is 1.48. The van der Waals surface area contributed by atoms with Gasteiger partial charge < -0.3 is 9.32 Å². The number of aromatic nitrogens is 2. The van der Waals surface area contributed by atoms with Crippen LogP contribution in [0, 0.1) is 0 Å². The smallest absolute Gasteiger partial charge is 0.233 e. The van der Waals surface area contributed by atoms with Crippen LogP contribution in [0.3, 0.4) is 0 Å². The van der Waals surface area contributed by atoms with Crippen molar-refractivity contribution in [1.29, 1.82) is 0 Å². The fourth-order valence-electron chi connectivity index (χ4n) is 3.42. The number of fused-ring (bicyclic) bond motifs is 2. The van der Waals surface area contributed by atoms with Crippen LogP contribution in [0.1, 0.15) is 5.56 Å². The summed E-state index contributed by atoms with van der Waals surface area (Å²) in [5.74, 6) is 0.634. The van der Waals surface area contributed by atoms with Gasteiger partial charge in [0.1, 0.15) is 18.1 Å². The van der Waals surface area contributed by atoms with Gasteiger partial charge in [0.15, 0.2) is 18.0 Å². The third-order valence-corrected chi connectivity index (χ3v) is 6.13. The molecule has 0 N–H and O–H groups in total. The second-order valence-electron chi connectivity index (χ2n) is 6.96. The van der Waals surface area contributed by atoms with Gasteiger partial charge in [-0.15, -0.1) is 0 Å². The molecule has 0 spiro atoms. The number of rotatable bonds is 3. The summed E-state index contributed by atoms with van der Waals surface area (Å²) < 4.78 is 8.01. The van der Waals surface area contributed by atoms with Crippen LogP contribution in [0.15, 0.2) is 93.5 Å². The number of allylic oxidation sites excluding steroid dienone is 2. The van der Waals surface area contributed by atoms with E-state index in [-0.39, 0.29) is 0 Å². The molecule has 1 aliphatic rings. The lowest BCUT2D eigenvalue weighted by atomic mass is 10.1. The molecule has 0 radical (unpaired) electrons. The van der Waals surface area contributed by atoms with E-state index in [4.69, 9.17) is 4.42 Å². The largest absolute Gasteiger partial charge is 0.436 e.